The molecule has 0 aliphatic heterocycles. The molecule has 0 saturated carbocycles. The summed E-state index contributed by atoms with van der Waals surface area (Å²) in [4.78, 5) is 4.00. The van der Waals surface area contributed by atoms with Gasteiger partial charge in [0.1, 0.15) is 0 Å². The minimum atomic E-state index is 0.549. The predicted molar refractivity (Wildman–Crippen MR) is 64.4 cm³/mol. The lowest BCUT2D eigenvalue weighted by atomic mass is 10.5. The number of hydrogen-bond acceptors (Lipinski definition) is 6. The number of imidazole rings is 1. The molecule has 2 rings (SSSR count). The highest BCUT2D eigenvalue weighted by atomic mass is 32.2. The molecular formula is C9H15N7S. The van der Waals surface area contributed by atoms with Crippen molar-refractivity contribution in [1.82, 2.24) is 29.8 Å². The Labute approximate surface area is 103 Å². The fraction of sp³-hybridized carbons (Fsp3) is 0.556. The second kappa shape index (κ2) is 6.36. The lowest BCUT2D eigenvalue weighted by Gasteiger charge is -2.03. The van der Waals surface area contributed by atoms with Crippen LogP contribution in [0.1, 0.15) is 6.42 Å². The highest BCUT2D eigenvalue weighted by molar-refractivity contribution is 7.99. The largest absolute Gasteiger partial charge is 0.337 e. The van der Waals surface area contributed by atoms with Crippen molar-refractivity contribution in [3.05, 3.63) is 18.7 Å². The first-order valence-electron chi connectivity index (χ1n) is 5.45. The number of aryl methyl sites for hydroxylation is 1. The van der Waals surface area contributed by atoms with Gasteiger partial charge in [0.15, 0.2) is 0 Å². The molecule has 8 heteroatoms. The van der Waals surface area contributed by atoms with Crippen molar-refractivity contribution in [2.75, 3.05) is 12.3 Å². The molecule has 7 nitrogen and oxygen atoms in total. The minimum Gasteiger partial charge on any atom is -0.337 e. The molecule has 0 amide bonds. The third kappa shape index (κ3) is 3.53. The highest BCUT2D eigenvalue weighted by Crippen LogP contribution is 2.14. The summed E-state index contributed by atoms with van der Waals surface area (Å²) in [7, 11) is 0. The first-order valence-corrected chi connectivity index (χ1v) is 6.43. The van der Waals surface area contributed by atoms with E-state index in [4.69, 9.17) is 5.73 Å². The van der Waals surface area contributed by atoms with Gasteiger partial charge in [0.25, 0.3) is 0 Å². The van der Waals surface area contributed by atoms with Crippen LogP contribution >= 0.6 is 11.8 Å². The maximum Gasteiger partial charge on any atom is 0.209 e. The molecule has 0 unspecified atom stereocenters. The average Bonchev–Trinajstić information content (AvgIpc) is 2.96. The molecule has 0 aliphatic rings. The zero-order valence-corrected chi connectivity index (χ0v) is 10.3. The summed E-state index contributed by atoms with van der Waals surface area (Å²) in [5.41, 5.74) is 5.47. The number of rotatable bonds is 7. The van der Waals surface area contributed by atoms with E-state index in [0.29, 0.717) is 13.1 Å². The van der Waals surface area contributed by atoms with E-state index in [-0.39, 0.29) is 0 Å². The summed E-state index contributed by atoms with van der Waals surface area (Å²) >= 11 is 1.65. The van der Waals surface area contributed by atoms with Crippen molar-refractivity contribution >= 4 is 11.8 Å². The van der Waals surface area contributed by atoms with Gasteiger partial charge < -0.3 is 10.3 Å². The van der Waals surface area contributed by atoms with E-state index in [1.54, 1.807) is 22.6 Å². The number of thioether (sulfide) groups is 1. The minimum absolute atomic E-state index is 0.549. The molecule has 92 valence electrons. The van der Waals surface area contributed by atoms with Gasteiger partial charge >= 0.3 is 0 Å². The van der Waals surface area contributed by atoms with E-state index in [0.717, 1.165) is 23.9 Å². The van der Waals surface area contributed by atoms with Crippen LogP contribution in [-0.2, 0) is 13.1 Å². The molecule has 2 aromatic rings. The molecule has 0 aromatic carbocycles. The highest BCUT2D eigenvalue weighted by Gasteiger charge is 2.05. The van der Waals surface area contributed by atoms with Gasteiger partial charge in [0.2, 0.25) is 5.16 Å². The van der Waals surface area contributed by atoms with Crippen LogP contribution in [0.25, 0.3) is 0 Å². The van der Waals surface area contributed by atoms with E-state index in [1.807, 2.05) is 12.5 Å². The van der Waals surface area contributed by atoms with Crippen LogP contribution in [0.5, 0.6) is 0 Å². The maximum atomic E-state index is 5.47. The summed E-state index contributed by atoms with van der Waals surface area (Å²) in [6.45, 7) is 2.18. The van der Waals surface area contributed by atoms with Gasteiger partial charge in [0.05, 0.1) is 12.9 Å². The lowest BCUT2D eigenvalue weighted by Crippen LogP contribution is -2.12. The number of nitrogens with two attached hydrogens (primary N) is 1. The molecule has 0 spiro atoms. The third-order valence-corrected chi connectivity index (χ3v) is 3.23. The van der Waals surface area contributed by atoms with Gasteiger partial charge in [-0.05, 0) is 16.8 Å². The maximum absolute atomic E-state index is 5.47. The zero-order valence-electron chi connectivity index (χ0n) is 9.44. The van der Waals surface area contributed by atoms with Crippen molar-refractivity contribution in [1.29, 1.82) is 0 Å². The summed E-state index contributed by atoms with van der Waals surface area (Å²) in [5, 5.41) is 12.3. The van der Waals surface area contributed by atoms with Gasteiger partial charge in [-0.15, -0.1) is 5.10 Å². The summed E-state index contributed by atoms with van der Waals surface area (Å²) in [6.07, 6.45) is 6.62. The van der Waals surface area contributed by atoms with Gasteiger partial charge in [0, 0.05) is 31.2 Å². The first kappa shape index (κ1) is 12.1. The molecule has 17 heavy (non-hydrogen) atoms. The van der Waals surface area contributed by atoms with Gasteiger partial charge in [-0.25, -0.2) is 9.67 Å². The van der Waals surface area contributed by atoms with E-state index in [9.17, 15) is 0 Å². The van der Waals surface area contributed by atoms with Crippen LogP contribution in [0.3, 0.4) is 0 Å². The molecule has 2 aromatic heterocycles. The van der Waals surface area contributed by atoms with Gasteiger partial charge in [-0.2, -0.15) is 0 Å². The van der Waals surface area contributed by atoms with Gasteiger partial charge in [-0.1, -0.05) is 11.8 Å². The molecule has 0 atom stereocenters. The Morgan fingerprint density at radius 1 is 1.35 bits per heavy atom. The second-order valence-corrected chi connectivity index (χ2v) is 4.54. The molecular weight excluding hydrogens is 238 g/mol. The van der Waals surface area contributed by atoms with Crippen LogP contribution in [0, 0.1) is 0 Å². The van der Waals surface area contributed by atoms with Crippen LogP contribution in [0.4, 0.5) is 0 Å². The van der Waals surface area contributed by atoms with Crippen LogP contribution in [0.15, 0.2) is 23.9 Å². The van der Waals surface area contributed by atoms with Gasteiger partial charge in [-0.3, -0.25) is 0 Å². The molecule has 2 heterocycles. The molecule has 0 aliphatic carbocycles. The van der Waals surface area contributed by atoms with Crippen LogP contribution < -0.4 is 5.73 Å². The monoisotopic (exact) mass is 253 g/mol. The Morgan fingerprint density at radius 2 is 2.29 bits per heavy atom. The smallest absolute Gasteiger partial charge is 0.209 e. The standard InChI is InChI=1S/C9H15N7S/c10-2-5-16-9(12-13-14-16)17-7-1-4-15-6-3-11-8-15/h3,6,8H,1-2,4-5,7,10H2. The average molecular weight is 253 g/mol. The Balaban J connectivity index is 1.72. The fourth-order valence-corrected chi connectivity index (χ4v) is 2.22. The Morgan fingerprint density at radius 3 is 3.06 bits per heavy atom. The molecule has 0 bridgehead atoms. The molecule has 0 radical (unpaired) electrons. The topological polar surface area (TPSA) is 87.4 Å². The van der Waals surface area contributed by atoms with Crippen molar-refractivity contribution in [3.63, 3.8) is 0 Å². The molecule has 0 saturated heterocycles. The Bertz CT molecular complexity index is 424. The SMILES string of the molecule is NCCn1nnnc1SCCCn1ccnc1. The summed E-state index contributed by atoms with van der Waals surface area (Å²) in [6, 6.07) is 0. The normalized spacial score (nSPS) is 10.9. The zero-order chi connectivity index (χ0) is 11.9. The number of tetrazole rings is 1. The third-order valence-electron chi connectivity index (χ3n) is 2.19. The number of hydrogen-bond donors (Lipinski definition) is 1. The van der Waals surface area contributed by atoms with E-state index in [1.165, 1.54) is 0 Å². The molecule has 0 fully saturated rings. The summed E-state index contributed by atoms with van der Waals surface area (Å²) in [5.74, 6) is 0.975. The molecule has 2 N–H and O–H groups in total. The van der Waals surface area contributed by atoms with Crippen molar-refractivity contribution in [2.45, 2.75) is 24.7 Å². The van der Waals surface area contributed by atoms with Crippen molar-refractivity contribution in [2.24, 2.45) is 5.73 Å². The number of aromatic nitrogens is 6. The van der Waals surface area contributed by atoms with Crippen molar-refractivity contribution < 1.29 is 0 Å². The summed E-state index contributed by atoms with van der Waals surface area (Å²) < 4.78 is 3.80. The Kier molecular flexibility index (Phi) is 4.51. The van der Waals surface area contributed by atoms with E-state index in [2.05, 4.69) is 25.1 Å². The fourth-order valence-electron chi connectivity index (χ4n) is 1.39. The first-order chi connectivity index (χ1) is 8.40. The van der Waals surface area contributed by atoms with E-state index < -0.39 is 0 Å². The quantitative estimate of drug-likeness (QED) is 0.552. The van der Waals surface area contributed by atoms with Crippen LogP contribution in [-0.4, -0.2) is 42.1 Å². The van der Waals surface area contributed by atoms with E-state index >= 15 is 0 Å². The number of nitrogens with zero attached hydrogens (tertiary/aromatic N) is 6. The second-order valence-electron chi connectivity index (χ2n) is 3.48. The predicted octanol–water partition coefficient (Wildman–Crippen LogP) is 0.0107. The lowest BCUT2D eigenvalue weighted by molar-refractivity contribution is 0.556. The van der Waals surface area contributed by atoms with Crippen molar-refractivity contribution in [3.8, 4) is 0 Å². The van der Waals surface area contributed by atoms with Crippen LogP contribution in [0.2, 0.25) is 0 Å². The Hall–Kier alpha value is -1.41.